The molecule has 27 heavy (non-hydrogen) atoms. The van der Waals surface area contributed by atoms with Crippen LogP contribution in [0.1, 0.15) is 18.4 Å². The van der Waals surface area contributed by atoms with Gasteiger partial charge in [-0.1, -0.05) is 30.3 Å². The number of aromatic nitrogens is 2. The van der Waals surface area contributed by atoms with E-state index in [1.807, 2.05) is 30.6 Å². The molecule has 1 fully saturated rings. The third-order valence-electron chi connectivity index (χ3n) is 4.91. The van der Waals surface area contributed by atoms with Crippen molar-refractivity contribution >= 4 is 29.0 Å². The Labute approximate surface area is 156 Å². The molecule has 3 heterocycles. The molecule has 2 aliphatic rings. The van der Waals surface area contributed by atoms with E-state index in [4.69, 9.17) is 0 Å². The van der Waals surface area contributed by atoms with Crippen molar-refractivity contribution in [2.24, 2.45) is 10.9 Å². The SMILES string of the molecule is O=C1NC(NCC2CC2)=N/C1=C\c1c[nH]c2ncc(-c3ccccc3)cc12. The number of hydrogen-bond donors (Lipinski definition) is 3. The summed E-state index contributed by atoms with van der Waals surface area (Å²) >= 11 is 0. The molecule has 0 unspecified atom stereocenters. The number of amides is 1. The predicted octanol–water partition coefficient (Wildman–Crippen LogP) is 3.06. The molecule has 1 aliphatic heterocycles. The van der Waals surface area contributed by atoms with Crippen LogP contribution in [-0.4, -0.2) is 28.4 Å². The lowest BCUT2D eigenvalue weighted by molar-refractivity contribution is -0.115. The summed E-state index contributed by atoms with van der Waals surface area (Å²) in [5.41, 5.74) is 4.23. The Morgan fingerprint density at radius 3 is 2.85 bits per heavy atom. The van der Waals surface area contributed by atoms with Crippen molar-refractivity contribution in [3.05, 3.63) is 60.1 Å². The van der Waals surface area contributed by atoms with Gasteiger partial charge in [-0.25, -0.2) is 9.98 Å². The van der Waals surface area contributed by atoms with Crippen molar-refractivity contribution < 1.29 is 4.79 Å². The first-order chi connectivity index (χ1) is 13.3. The van der Waals surface area contributed by atoms with Crippen molar-refractivity contribution in [3.8, 4) is 11.1 Å². The fraction of sp³-hybridized carbons (Fsp3) is 0.190. The van der Waals surface area contributed by atoms with Gasteiger partial charge in [-0.3, -0.25) is 10.1 Å². The van der Waals surface area contributed by atoms with Crippen LogP contribution >= 0.6 is 0 Å². The average molecular weight is 357 g/mol. The zero-order valence-corrected chi connectivity index (χ0v) is 14.7. The highest BCUT2D eigenvalue weighted by atomic mass is 16.2. The molecule has 1 aromatic carbocycles. The predicted molar refractivity (Wildman–Crippen MR) is 106 cm³/mol. The number of aromatic amines is 1. The van der Waals surface area contributed by atoms with Crippen LogP contribution < -0.4 is 10.6 Å². The highest BCUT2D eigenvalue weighted by Gasteiger charge is 2.24. The number of aliphatic imine (C=N–C) groups is 1. The van der Waals surface area contributed by atoms with Crippen molar-refractivity contribution in [2.75, 3.05) is 6.54 Å². The number of nitrogens with zero attached hydrogens (tertiary/aromatic N) is 2. The molecule has 0 spiro atoms. The number of hydrogen-bond acceptors (Lipinski definition) is 4. The van der Waals surface area contributed by atoms with E-state index in [-0.39, 0.29) is 5.91 Å². The fourth-order valence-electron chi connectivity index (χ4n) is 3.19. The summed E-state index contributed by atoms with van der Waals surface area (Å²) in [6.07, 6.45) is 8.02. The van der Waals surface area contributed by atoms with Crippen LogP contribution in [-0.2, 0) is 4.79 Å². The lowest BCUT2D eigenvalue weighted by atomic mass is 10.1. The van der Waals surface area contributed by atoms with Crippen LogP contribution in [0, 0.1) is 5.92 Å². The molecule has 134 valence electrons. The first-order valence-corrected chi connectivity index (χ1v) is 9.14. The van der Waals surface area contributed by atoms with Gasteiger partial charge in [0.05, 0.1) is 0 Å². The molecule has 0 atom stereocenters. The van der Waals surface area contributed by atoms with Crippen LogP contribution in [0.15, 0.2) is 59.5 Å². The minimum atomic E-state index is -0.185. The van der Waals surface area contributed by atoms with Crippen LogP contribution in [0.5, 0.6) is 0 Å². The molecule has 1 saturated carbocycles. The van der Waals surface area contributed by atoms with Crippen molar-refractivity contribution in [2.45, 2.75) is 12.8 Å². The highest BCUT2D eigenvalue weighted by molar-refractivity contribution is 6.14. The minimum Gasteiger partial charge on any atom is -0.355 e. The minimum absolute atomic E-state index is 0.185. The molecule has 6 nitrogen and oxygen atoms in total. The molecule has 1 amide bonds. The van der Waals surface area contributed by atoms with Crippen LogP contribution in [0.3, 0.4) is 0 Å². The molecular weight excluding hydrogens is 338 g/mol. The quantitative estimate of drug-likeness (QED) is 0.628. The molecule has 0 bridgehead atoms. The first kappa shape index (κ1) is 15.8. The summed E-state index contributed by atoms with van der Waals surface area (Å²) in [5.74, 6) is 1.07. The van der Waals surface area contributed by atoms with Gasteiger partial charge in [0.15, 0.2) is 0 Å². The topological polar surface area (TPSA) is 82.2 Å². The lowest BCUT2D eigenvalue weighted by Crippen LogP contribution is -2.37. The number of benzene rings is 1. The number of guanidine groups is 1. The molecule has 6 heteroatoms. The monoisotopic (exact) mass is 357 g/mol. The van der Waals surface area contributed by atoms with Crippen LogP contribution in [0.4, 0.5) is 0 Å². The maximum atomic E-state index is 12.2. The van der Waals surface area contributed by atoms with Crippen molar-refractivity contribution in [3.63, 3.8) is 0 Å². The van der Waals surface area contributed by atoms with Gasteiger partial charge in [0.1, 0.15) is 11.3 Å². The van der Waals surface area contributed by atoms with Gasteiger partial charge in [-0.15, -0.1) is 0 Å². The van der Waals surface area contributed by atoms with E-state index >= 15 is 0 Å². The Kier molecular flexibility index (Phi) is 3.74. The zero-order chi connectivity index (χ0) is 18.2. The van der Waals surface area contributed by atoms with E-state index in [1.54, 1.807) is 6.08 Å². The van der Waals surface area contributed by atoms with E-state index in [2.05, 4.69) is 43.8 Å². The third-order valence-corrected chi connectivity index (χ3v) is 4.91. The Hall–Kier alpha value is -3.41. The first-order valence-electron chi connectivity index (χ1n) is 9.14. The van der Waals surface area contributed by atoms with Gasteiger partial charge in [0, 0.05) is 35.5 Å². The largest absolute Gasteiger partial charge is 0.355 e. The third kappa shape index (κ3) is 3.21. The van der Waals surface area contributed by atoms with Gasteiger partial charge in [-0.2, -0.15) is 0 Å². The summed E-state index contributed by atoms with van der Waals surface area (Å²) in [6.45, 7) is 0.865. The maximum Gasteiger partial charge on any atom is 0.276 e. The van der Waals surface area contributed by atoms with E-state index in [9.17, 15) is 4.79 Å². The van der Waals surface area contributed by atoms with Gasteiger partial charge in [-0.05, 0) is 36.5 Å². The molecular formula is C21H19N5O. The maximum absolute atomic E-state index is 12.2. The average Bonchev–Trinajstić information content (AvgIpc) is 3.36. The van der Waals surface area contributed by atoms with Crippen LogP contribution in [0.2, 0.25) is 0 Å². The molecule has 2 aromatic heterocycles. The van der Waals surface area contributed by atoms with E-state index in [0.29, 0.717) is 17.6 Å². The van der Waals surface area contributed by atoms with Crippen molar-refractivity contribution in [1.29, 1.82) is 0 Å². The van der Waals surface area contributed by atoms with E-state index in [0.717, 1.165) is 34.3 Å². The summed E-state index contributed by atoms with van der Waals surface area (Å²) in [5, 5.41) is 6.96. The molecule has 5 rings (SSSR count). The Balaban J connectivity index is 1.47. The summed E-state index contributed by atoms with van der Waals surface area (Å²) in [6, 6.07) is 12.2. The number of rotatable bonds is 4. The Morgan fingerprint density at radius 1 is 1.19 bits per heavy atom. The summed E-state index contributed by atoms with van der Waals surface area (Å²) in [7, 11) is 0. The fourth-order valence-corrected chi connectivity index (χ4v) is 3.19. The number of H-pyrrole nitrogens is 1. The van der Waals surface area contributed by atoms with Crippen molar-refractivity contribution in [1.82, 2.24) is 20.6 Å². The van der Waals surface area contributed by atoms with Gasteiger partial charge < -0.3 is 10.3 Å². The van der Waals surface area contributed by atoms with Crippen LogP contribution in [0.25, 0.3) is 28.2 Å². The molecule has 0 radical (unpaired) electrons. The zero-order valence-electron chi connectivity index (χ0n) is 14.7. The van der Waals surface area contributed by atoms with E-state index in [1.165, 1.54) is 12.8 Å². The summed E-state index contributed by atoms with van der Waals surface area (Å²) in [4.78, 5) is 24.3. The Morgan fingerprint density at radius 2 is 2.04 bits per heavy atom. The second kappa shape index (κ2) is 6.39. The smallest absolute Gasteiger partial charge is 0.276 e. The molecule has 3 N–H and O–H groups in total. The molecule has 1 aliphatic carbocycles. The number of nitrogens with one attached hydrogen (secondary N) is 3. The Bertz CT molecular complexity index is 1080. The second-order valence-electron chi connectivity index (χ2n) is 7.00. The van der Waals surface area contributed by atoms with Gasteiger partial charge in [0.25, 0.3) is 5.91 Å². The highest BCUT2D eigenvalue weighted by Crippen LogP contribution is 2.28. The number of carbonyl (C=O) groups excluding carboxylic acids is 1. The number of carbonyl (C=O) groups is 1. The summed E-state index contributed by atoms with van der Waals surface area (Å²) < 4.78 is 0. The van der Waals surface area contributed by atoms with Gasteiger partial charge >= 0.3 is 0 Å². The normalized spacial score (nSPS) is 18.0. The molecule has 0 saturated heterocycles. The lowest BCUT2D eigenvalue weighted by Gasteiger charge is -2.02. The number of pyridine rings is 1. The van der Waals surface area contributed by atoms with Gasteiger partial charge in [0.2, 0.25) is 5.96 Å². The second-order valence-corrected chi connectivity index (χ2v) is 7.00. The molecule has 3 aromatic rings. The van der Waals surface area contributed by atoms with E-state index < -0.39 is 0 Å². The standard InChI is InChI=1S/C21H19N5O/c27-20-18(25-21(26-20)24-10-13-6-7-13)9-16-12-23-19-17(16)8-15(11-22-19)14-4-2-1-3-5-14/h1-5,8-9,11-13H,6-7,10H2,(H,22,23)(H2,24,25,26,27)/b18-9-. The number of fused-ring (bicyclic) bond motifs is 1.